The van der Waals surface area contributed by atoms with E-state index in [1.54, 1.807) is 18.2 Å². The molecule has 94 valence electrons. The Balaban J connectivity index is 2.12. The quantitative estimate of drug-likeness (QED) is 0.926. The number of hydrogen-bond acceptors (Lipinski definition) is 2. The standard InChI is InChI=1S/C12H15Cl2NOS/c1-15-8-2-3-9(6-8)17(16)10-4-5-11(13)12(14)7-10/h4-5,7-9,15H,2-3,6H2,1H3. The normalized spacial score (nSPS) is 26.1. The Morgan fingerprint density at radius 3 is 2.65 bits per heavy atom. The first-order valence-electron chi connectivity index (χ1n) is 5.64. The molecule has 0 heterocycles. The molecular formula is C12H15Cl2NOS. The second-order valence-electron chi connectivity index (χ2n) is 4.29. The van der Waals surface area contributed by atoms with E-state index in [0.29, 0.717) is 16.1 Å². The molecule has 1 aromatic carbocycles. The highest BCUT2D eigenvalue weighted by atomic mass is 35.5. The van der Waals surface area contributed by atoms with Crippen molar-refractivity contribution in [2.45, 2.75) is 35.4 Å². The van der Waals surface area contributed by atoms with E-state index in [-0.39, 0.29) is 5.25 Å². The van der Waals surface area contributed by atoms with Crippen molar-refractivity contribution in [1.82, 2.24) is 5.32 Å². The van der Waals surface area contributed by atoms with Gasteiger partial charge in [-0.3, -0.25) is 4.21 Å². The van der Waals surface area contributed by atoms with Crippen LogP contribution in [0, 0.1) is 0 Å². The highest BCUT2D eigenvalue weighted by Crippen LogP contribution is 2.30. The third-order valence-electron chi connectivity index (χ3n) is 3.22. The summed E-state index contributed by atoms with van der Waals surface area (Å²) in [5.74, 6) is 0. The molecule has 1 aromatic rings. The van der Waals surface area contributed by atoms with E-state index >= 15 is 0 Å². The summed E-state index contributed by atoms with van der Waals surface area (Å²) in [6, 6.07) is 5.72. The van der Waals surface area contributed by atoms with Crippen molar-refractivity contribution in [3.8, 4) is 0 Å². The maximum absolute atomic E-state index is 12.4. The van der Waals surface area contributed by atoms with Crippen LogP contribution in [-0.2, 0) is 10.8 Å². The van der Waals surface area contributed by atoms with Gasteiger partial charge in [0.2, 0.25) is 0 Å². The van der Waals surface area contributed by atoms with E-state index in [4.69, 9.17) is 23.2 Å². The molecule has 1 aliphatic carbocycles. The molecule has 3 atom stereocenters. The van der Waals surface area contributed by atoms with E-state index < -0.39 is 10.8 Å². The lowest BCUT2D eigenvalue weighted by Gasteiger charge is -2.11. The minimum absolute atomic E-state index is 0.227. The van der Waals surface area contributed by atoms with Crippen LogP contribution in [0.25, 0.3) is 0 Å². The largest absolute Gasteiger partial charge is 0.317 e. The molecule has 0 aromatic heterocycles. The molecule has 2 nitrogen and oxygen atoms in total. The summed E-state index contributed by atoms with van der Waals surface area (Å²) < 4.78 is 12.4. The van der Waals surface area contributed by atoms with Gasteiger partial charge in [-0.2, -0.15) is 0 Å². The predicted molar refractivity (Wildman–Crippen MR) is 73.4 cm³/mol. The van der Waals surface area contributed by atoms with Crippen molar-refractivity contribution < 1.29 is 4.21 Å². The van der Waals surface area contributed by atoms with E-state index in [1.807, 2.05) is 7.05 Å². The first-order valence-corrected chi connectivity index (χ1v) is 7.61. The lowest BCUT2D eigenvalue weighted by Crippen LogP contribution is -2.23. The molecular weight excluding hydrogens is 277 g/mol. The molecule has 0 aliphatic heterocycles. The maximum atomic E-state index is 12.4. The molecule has 0 radical (unpaired) electrons. The highest BCUT2D eigenvalue weighted by Gasteiger charge is 2.28. The van der Waals surface area contributed by atoms with Crippen molar-refractivity contribution in [2.24, 2.45) is 0 Å². The Hall–Kier alpha value is -0.0900. The van der Waals surface area contributed by atoms with Crippen molar-refractivity contribution >= 4 is 34.0 Å². The molecule has 0 bridgehead atoms. The van der Waals surface area contributed by atoms with Crippen LogP contribution in [0.15, 0.2) is 23.1 Å². The fourth-order valence-corrected chi connectivity index (χ4v) is 4.13. The van der Waals surface area contributed by atoms with Gasteiger partial charge < -0.3 is 5.32 Å². The first kappa shape index (κ1) is 13.3. The van der Waals surface area contributed by atoms with Crippen LogP contribution in [0.1, 0.15) is 19.3 Å². The summed E-state index contributed by atoms with van der Waals surface area (Å²) in [6.45, 7) is 0. The molecule has 1 fully saturated rings. The van der Waals surface area contributed by atoms with Gasteiger partial charge >= 0.3 is 0 Å². The van der Waals surface area contributed by atoms with E-state index in [2.05, 4.69) is 5.32 Å². The molecule has 0 amide bonds. The SMILES string of the molecule is CNC1CCC(S(=O)c2ccc(Cl)c(Cl)c2)C1. The topological polar surface area (TPSA) is 29.1 Å². The number of halogens is 2. The molecule has 5 heteroatoms. The summed E-state index contributed by atoms with van der Waals surface area (Å²) in [7, 11) is 0.971. The van der Waals surface area contributed by atoms with E-state index in [0.717, 1.165) is 24.2 Å². The van der Waals surface area contributed by atoms with Gasteiger partial charge in [0.05, 0.1) is 20.8 Å². The zero-order valence-corrected chi connectivity index (χ0v) is 11.9. The summed E-state index contributed by atoms with van der Waals surface area (Å²) >= 11 is 11.8. The predicted octanol–water partition coefficient (Wildman–Crippen LogP) is 3.24. The molecule has 1 aliphatic rings. The van der Waals surface area contributed by atoms with Crippen molar-refractivity contribution in [1.29, 1.82) is 0 Å². The second kappa shape index (κ2) is 5.70. The molecule has 17 heavy (non-hydrogen) atoms. The average molecular weight is 292 g/mol. The molecule has 0 spiro atoms. The maximum Gasteiger partial charge on any atom is 0.0604 e. The summed E-state index contributed by atoms with van der Waals surface area (Å²) in [5.41, 5.74) is 0. The minimum atomic E-state index is -0.983. The van der Waals surface area contributed by atoms with Gasteiger partial charge in [-0.1, -0.05) is 23.2 Å². The minimum Gasteiger partial charge on any atom is -0.317 e. The summed E-state index contributed by atoms with van der Waals surface area (Å²) in [4.78, 5) is 0.779. The van der Waals surface area contributed by atoms with Gasteiger partial charge in [-0.05, 0) is 44.5 Å². The van der Waals surface area contributed by atoms with Crippen LogP contribution in [0.5, 0.6) is 0 Å². The fourth-order valence-electron chi connectivity index (χ4n) is 2.19. The molecule has 1 N–H and O–H groups in total. The van der Waals surface area contributed by atoms with Gasteiger partial charge in [0.25, 0.3) is 0 Å². The van der Waals surface area contributed by atoms with Crippen molar-refractivity contribution in [3.63, 3.8) is 0 Å². The molecule has 0 saturated heterocycles. The van der Waals surface area contributed by atoms with Gasteiger partial charge in [-0.15, -0.1) is 0 Å². The number of nitrogens with one attached hydrogen (secondary N) is 1. The Morgan fingerprint density at radius 2 is 2.06 bits per heavy atom. The molecule has 1 saturated carbocycles. The smallest absolute Gasteiger partial charge is 0.0604 e. The summed E-state index contributed by atoms with van der Waals surface area (Å²) in [6.07, 6.45) is 3.05. The Labute approximate surface area is 114 Å². The van der Waals surface area contributed by atoms with E-state index in [9.17, 15) is 4.21 Å². The van der Waals surface area contributed by atoms with Gasteiger partial charge in [0, 0.05) is 16.2 Å². The highest BCUT2D eigenvalue weighted by molar-refractivity contribution is 7.85. The lowest BCUT2D eigenvalue weighted by atomic mass is 10.3. The second-order valence-corrected chi connectivity index (χ2v) is 6.84. The van der Waals surface area contributed by atoms with Gasteiger partial charge in [0.1, 0.15) is 0 Å². The van der Waals surface area contributed by atoms with Crippen LogP contribution in [0.3, 0.4) is 0 Å². The third kappa shape index (κ3) is 3.02. The van der Waals surface area contributed by atoms with Crippen LogP contribution in [-0.4, -0.2) is 22.5 Å². The zero-order valence-electron chi connectivity index (χ0n) is 9.58. The molecule has 2 rings (SSSR count). The lowest BCUT2D eigenvalue weighted by molar-refractivity contribution is 0.581. The average Bonchev–Trinajstić information content (AvgIpc) is 2.80. The number of hydrogen-bond donors (Lipinski definition) is 1. The van der Waals surface area contributed by atoms with Crippen molar-refractivity contribution in [2.75, 3.05) is 7.05 Å². The van der Waals surface area contributed by atoms with Crippen LogP contribution in [0.4, 0.5) is 0 Å². The van der Waals surface area contributed by atoms with Gasteiger partial charge in [0.15, 0.2) is 0 Å². The third-order valence-corrected chi connectivity index (χ3v) is 5.71. The van der Waals surface area contributed by atoms with Crippen molar-refractivity contribution in [3.05, 3.63) is 28.2 Å². The number of benzene rings is 1. The summed E-state index contributed by atoms with van der Waals surface area (Å²) in [5, 5.41) is 4.44. The van der Waals surface area contributed by atoms with Crippen LogP contribution in [0.2, 0.25) is 10.0 Å². The zero-order chi connectivity index (χ0) is 12.4. The van der Waals surface area contributed by atoms with Crippen LogP contribution >= 0.6 is 23.2 Å². The first-order chi connectivity index (χ1) is 8.11. The Kier molecular flexibility index (Phi) is 4.47. The molecule has 3 unspecified atom stereocenters. The fraction of sp³-hybridized carbons (Fsp3) is 0.500. The number of rotatable bonds is 3. The monoisotopic (exact) mass is 291 g/mol. The van der Waals surface area contributed by atoms with Crippen LogP contribution < -0.4 is 5.32 Å². The Morgan fingerprint density at radius 1 is 1.29 bits per heavy atom. The van der Waals surface area contributed by atoms with Gasteiger partial charge in [-0.25, -0.2) is 0 Å². The Bertz CT molecular complexity index is 439. The van der Waals surface area contributed by atoms with E-state index in [1.165, 1.54) is 0 Å².